The number of sulfone groups is 1. The Morgan fingerprint density at radius 2 is 1.92 bits per heavy atom. The predicted octanol–water partition coefficient (Wildman–Crippen LogP) is 0.0272. The number of piperidine rings is 1. The molecule has 1 aliphatic heterocycles. The van der Waals surface area contributed by atoms with Gasteiger partial charge in [-0.25, -0.2) is 8.42 Å². The second kappa shape index (κ2) is 7.40. The lowest BCUT2D eigenvalue weighted by molar-refractivity contribution is 0.100. The van der Waals surface area contributed by atoms with Crippen molar-refractivity contribution in [2.45, 2.75) is 37.2 Å². The van der Waals surface area contributed by atoms with E-state index in [1.807, 2.05) is 11.8 Å². The number of amides is 1. The first-order chi connectivity index (χ1) is 11.6. The highest BCUT2D eigenvalue weighted by molar-refractivity contribution is 7.90. The summed E-state index contributed by atoms with van der Waals surface area (Å²) in [6, 6.07) is 3.06. The van der Waals surface area contributed by atoms with Crippen LogP contribution in [0.25, 0.3) is 0 Å². The minimum Gasteiger partial charge on any atom is -0.393 e. The quantitative estimate of drug-likeness (QED) is 0.503. The van der Waals surface area contributed by atoms with Gasteiger partial charge in [-0.3, -0.25) is 4.79 Å². The van der Waals surface area contributed by atoms with Gasteiger partial charge in [-0.1, -0.05) is 6.92 Å². The number of hydrogen-bond acceptors (Lipinski definition) is 5. The number of hydrogen-bond donors (Lipinski definition) is 3. The number of carbonyl (C=O) groups is 1. The van der Waals surface area contributed by atoms with Crippen molar-refractivity contribution < 1.29 is 18.3 Å². The van der Waals surface area contributed by atoms with E-state index >= 15 is 0 Å². The second-order valence-electron chi connectivity index (χ2n) is 6.16. The van der Waals surface area contributed by atoms with E-state index in [1.165, 1.54) is 6.07 Å². The van der Waals surface area contributed by atoms with Gasteiger partial charge in [0.25, 0.3) is 5.91 Å². The van der Waals surface area contributed by atoms with Gasteiger partial charge < -0.3 is 21.5 Å². The van der Waals surface area contributed by atoms with Gasteiger partial charge in [0.15, 0.2) is 15.8 Å². The summed E-state index contributed by atoms with van der Waals surface area (Å²) in [7, 11) is -3.57. The molecule has 0 aromatic heterocycles. The number of nitrogens with zero attached hydrogens (tertiary/aromatic N) is 2. The molecule has 0 bridgehead atoms. The van der Waals surface area contributed by atoms with E-state index in [0.29, 0.717) is 43.6 Å². The third kappa shape index (κ3) is 4.49. The Morgan fingerprint density at radius 1 is 1.32 bits per heavy atom. The summed E-state index contributed by atoms with van der Waals surface area (Å²) in [6.45, 7) is 2.97. The van der Waals surface area contributed by atoms with Crippen LogP contribution in [0.1, 0.15) is 35.7 Å². The SMILES string of the molecule is CCc1cc(N2CCC(O)CC2)c(S(C)(=O)=O)cc1C(=O)N=C(N)N. The fourth-order valence-electron chi connectivity index (χ4n) is 2.93. The Labute approximate surface area is 147 Å². The maximum atomic E-state index is 12.3. The number of nitrogens with two attached hydrogens (primary N) is 2. The lowest BCUT2D eigenvalue weighted by Gasteiger charge is -2.33. The van der Waals surface area contributed by atoms with Crippen LogP contribution in [-0.4, -0.2) is 50.8 Å². The zero-order chi connectivity index (χ0) is 18.8. The first-order valence-corrected chi connectivity index (χ1v) is 9.96. The van der Waals surface area contributed by atoms with Crippen LogP contribution < -0.4 is 16.4 Å². The zero-order valence-corrected chi connectivity index (χ0v) is 15.2. The molecule has 0 unspecified atom stereocenters. The number of aliphatic hydroxyl groups excluding tert-OH is 1. The van der Waals surface area contributed by atoms with Gasteiger partial charge in [0.1, 0.15) is 0 Å². The molecule has 2 rings (SSSR count). The molecule has 5 N–H and O–H groups in total. The summed E-state index contributed by atoms with van der Waals surface area (Å²) in [5, 5.41) is 9.68. The standard InChI is InChI=1S/C16H24N4O4S/c1-3-10-8-13(20-6-4-11(21)5-7-20)14(25(2,23)24)9-12(10)15(22)19-16(17)18/h8-9,11,21H,3-7H2,1-2H3,(H4,17,18,19,22). The highest BCUT2D eigenvalue weighted by atomic mass is 32.2. The average Bonchev–Trinajstić information content (AvgIpc) is 2.52. The molecule has 0 saturated carbocycles. The number of anilines is 1. The molecule has 138 valence electrons. The molecule has 1 heterocycles. The van der Waals surface area contributed by atoms with Crippen molar-refractivity contribution >= 4 is 27.4 Å². The Morgan fingerprint density at radius 3 is 2.40 bits per heavy atom. The predicted molar refractivity (Wildman–Crippen MR) is 96.5 cm³/mol. The number of carbonyl (C=O) groups excluding carboxylic acids is 1. The Kier molecular flexibility index (Phi) is 5.69. The van der Waals surface area contributed by atoms with Gasteiger partial charge in [0, 0.05) is 24.9 Å². The van der Waals surface area contributed by atoms with Crippen LogP contribution in [-0.2, 0) is 16.3 Å². The van der Waals surface area contributed by atoms with E-state index in [-0.39, 0.29) is 22.5 Å². The third-order valence-corrected chi connectivity index (χ3v) is 5.36. The van der Waals surface area contributed by atoms with Gasteiger partial charge in [0.05, 0.1) is 16.7 Å². The molecule has 1 saturated heterocycles. The summed E-state index contributed by atoms with van der Waals surface area (Å²) in [5.74, 6) is -1.04. The molecular weight excluding hydrogens is 344 g/mol. The summed E-state index contributed by atoms with van der Waals surface area (Å²) in [6.07, 6.45) is 2.39. The molecule has 0 spiro atoms. The van der Waals surface area contributed by atoms with Crippen LogP contribution in [0.3, 0.4) is 0 Å². The molecule has 1 fully saturated rings. The largest absolute Gasteiger partial charge is 0.393 e. The van der Waals surface area contributed by atoms with Crippen molar-refractivity contribution in [3.63, 3.8) is 0 Å². The van der Waals surface area contributed by atoms with Gasteiger partial charge in [0.2, 0.25) is 0 Å². The molecule has 1 amide bonds. The smallest absolute Gasteiger partial charge is 0.280 e. The van der Waals surface area contributed by atoms with Crippen LogP contribution in [0, 0.1) is 0 Å². The molecule has 1 aromatic rings. The zero-order valence-electron chi connectivity index (χ0n) is 14.4. The monoisotopic (exact) mass is 368 g/mol. The normalized spacial score (nSPS) is 15.9. The summed E-state index contributed by atoms with van der Waals surface area (Å²) in [5.41, 5.74) is 11.9. The van der Waals surface area contributed by atoms with E-state index in [4.69, 9.17) is 11.5 Å². The maximum Gasteiger partial charge on any atom is 0.280 e. The molecular formula is C16H24N4O4S. The molecule has 0 aliphatic carbocycles. The first-order valence-electron chi connectivity index (χ1n) is 8.07. The van der Waals surface area contributed by atoms with E-state index < -0.39 is 15.7 Å². The van der Waals surface area contributed by atoms with Crippen molar-refractivity contribution in [3.8, 4) is 0 Å². The van der Waals surface area contributed by atoms with Crippen LogP contribution in [0.4, 0.5) is 5.69 Å². The number of benzene rings is 1. The number of guanidine groups is 1. The molecule has 1 aliphatic rings. The lowest BCUT2D eigenvalue weighted by Crippen LogP contribution is -2.36. The first kappa shape index (κ1) is 19.2. The van der Waals surface area contributed by atoms with Gasteiger partial charge in [-0.05, 0) is 37.0 Å². The lowest BCUT2D eigenvalue weighted by atomic mass is 10.0. The van der Waals surface area contributed by atoms with E-state index in [9.17, 15) is 18.3 Å². The maximum absolute atomic E-state index is 12.3. The van der Waals surface area contributed by atoms with Gasteiger partial charge >= 0.3 is 0 Å². The van der Waals surface area contributed by atoms with E-state index in [1.54, 1.807) is 6.07 Å². The highest BCUT2D eigenvalue weighted by Crippen LogP contribution is 2.32. The molecule has 0 radical (unpaired) electrons. The van der Waals surface area contributed by atoms with Crippen molar-refractivity contribution in [1.82, 2.24) is 0 Å². The van der Waals surface area contributed by atoms with Crippen molar-refractivity contribution in [3.05, 3.63) is 23.3 Å². The minimum atomic E-state index is -3.57. The van der Waals surface area contributed by atoms with Crippen molar-refractivity contribution in [2.75, 3.05) is 24.2 Å². The third-order valence-electron chi connectivity index (χ3n) is 4.23. The summed E-state index contributed by atoms with van der Waals surface area (Å²) >= 11 is 0. The second-order valence-corrected chi connectivity index (χ2v) is 8.15. The number of aliphatic hydroxyl groups is 1. The number of aryl methyl sites for hydroxylation is 1. The summed E-state index contributed by atoms with van der Waals surface area (Å²) < 4.78 is 24.6. The van der Waals surface area contributed by atoms with Gasteiger partial charge in [-0.15, -0.1) is 0 Å². The van der Waals surface area contributed by atoms with Crippen LogP contribution in [0.2, 0.25) is 0 Å². The van der Waals surface area contributed by atoms with E-state index in [0.717, 1.165) is 6.26 Å². The van der Waals surface area contributed by atoms with Gasteiger partial charge in [-0.2, -0.15) is 4.99 Å². The molecule has 0 atom stereocenters. The number of aliphatic imine (C=N–C) groups is 1. The Balaban J connectivity index is 2.60. The Hall–Kier alpha value is -2.13. The molecule has 9 heteroatoms. The Bertz CT molecular complexity index is 793. The molecule has 25 heavy (non-hydrogen) atoms. The van der Waals surface area contributed by atoms with Crippen LogP contribution in [0.15, 0.2) is 22.0 Å². The highest BCUT2D eigenvalue weighted by Gasteiger charge is 2.26. The topological polar surface area (TPSA) is 139 Å². The molecule has 8 nitrogen and oxygen atoms in total. The van der Waals surface area contributed by atoms with Crippen LogP contribution in [0.5, 0.6) is 0 Å². The minimum absolute atomic E-state index is 0.0650. The fraction of sp³-hybridized carbons (Fsp3) is 0.500. The van der Waals surface area contributed by atoms with Crippen molar-refractivity contribution in [1.29, 1.82) is 0 Å². The fourth-order valence-corrected chi connectivity index (χ4v) is 3.83. The van der Waals surface area contributed by atoms with Crippen LogP contribution >= 0.6 is 0 Å². The summed E-state index contributed by atoms with van der Waals surface area (Å²) in [4.78, 5) is 17.8. The van der Waals surface area contributed by atoms with E-state index in [2.05, 4.69) is 4.99 Å². The molecule has 1 aromatic carbocycles. The van der Waals surface area contributed by atoms with Crippen molar-refractivity contribution in [2.24, 2.45) is 16.5 Å². The average molecular weight is 368 g/mol. The number of rotatable bonds is 4.